The molecule has 0 aliphatic heterocycles. The minimum Gasteiger partial charge on any atom is -0.360 e. The van der Waals surface area contributed by atoms with Crippen molar-refractivity contribution in [3.05, 3.63) is 28.2 Å². The molecule has 0 saturated heterocycles. The van der Waals surface area contributed by atoms with Gasteiger partial charge in [0.1, 0.15) is 0 Å². The van der Waals surface area contributed by atoms with Gasteiger partial charge in [0.2, 0.25) is 0 Å². The fraction of sp³-hybridized carbons (Fsp3) is 0.357. The molecule has 0 N–H and O–H groups in total. The second kappa shape index (κ2) is 6.46. The van der Waals surface area contributed by atoms with Crippen LogP contribution in [0, 0.1) is 12.3 Å². The molecule has 0 bridgehead atoms. The number of terminal acetylenes is 1. The Morgan fingerprint density at radius 2 is 2.24 bits per heavy atom. The molecule has 0 radical (unpaired) electrons. The third-order valence-electron chi connectivity index (χ3n) is 2.45. The van der Waals surface area contributed by atoms with Crippen LogP contribution in [-0.4, -0.2) is 18.9 Å². The number of anilines is 1. The summed E-state index contributed by atoms with van der Waals surface area (Å²) in [5, 5.41) is 0. The van der Waals surface area contributed by atoms with E-state index in [1.54, 1.807) is 6.92 Å². The molecule has 3 heteroatoms. The van der Waals surface area contributed by atoms with Crippen molar-refractivity contribution in [3.8, 4) is 12.3 Å². The molecule has 0 aromatic heterocycles. The Morgan fingerprint density at radius 1 is 1.53 bits per heavy atom. The molecule has 0 heterocycles. The normalized spacial score (nSPS) is 9.76. The van der Waals surface area contributed by atoms with Crippen LogP contribution in [-0.2, 0) is 0 Å². The van der Waals surface area contributed by atoms with E-state index < -0.39 is 0 Å². The van der Waals surface area contributed by atoms with Gasteiger partial charge in [-0.15, -0.1) is 6.42 Å². The van der Waals surface area contributed by atoms with Crippen LogP contribution in [0.4, 0.5) is 5.69 Å². The first-order valence-corrected chi connectivity index (χ1v) is 6.38. The van der Waals surface area contributed by atoms with Gasteiger partial charge in [-0.3, -0.25) is 4.79 Å². The van der Waals surface area contributed by atoms with E-state index in [-0.39, 0.29) is 5.78 Å². The van der Waals surface area contributed by atoms with Gasteiger partial charge in [-0.1, -0.05) is 28.8 Å². The predicted molar refractivity (Wildman–Crippen MR) is 75.5 cm³/mol. The van der Waals surface area contributed by atoms with Gasteiger partial charge in [-0.2, -0.15) is 0 Å². The van der Waals surface area contributed by atoms with E-state index in [4.69, 9.17) is 6.42 Å². The predicted octanol–water partition coefficient (Wildman–Crippen LogP) is 3.50. The summed E-state index contributed by atoms with van der Waals surface area (Å²) in [7, 11) is 0. The van der Waals surface area contributed by atoms with Crippen molar-refractivity contribution >= 4 is 27.4 Å². The number of benzene rings is 1. The Morgan fingerprint density at radius 3 is 2.76 bits per heavy atom. The van der Waals surface area contributed by atoms with Crippen molar-refractivity contribution in [2.24, 2.45) is 0 Å². The Kier molecular flexibility index (Phi) is 5.24. The van der Waals surface area contributed by atoms with Crippen molar-refractivity contribution in [2.45, 2.75) is 20.3 Å². The van der Waals surface area contributed by atoms with Gasteiger partial charge in [0, 0.05) is 22.3 Å². The molecule has 0 aliphatic carbocycles. The first kappa shape index (κ1) is 13.8. The second-order valence-corrected chi connectivity index (χ2v) is 4.76. The highest BCUT2D eigenvalue weighted by molar-refractivity contribution is 9.10. The molecule has 1 aromatic carbocycles. The number of nitrogens with zero attached hydrogens (tertiary/aromatic N) is 1. The molecule has 0 atom stereocenters. The van der Waals surface area contributed by atoms with Gasteiger partial charge >= 0.3 is 0 Å². The molecule has 0 amide bonds. The Balaban J connectivity index is 3.18. The molecule has 17 heavy (non-hydrogen) atoms. The number of hydrogen-bond acceptors (Lipinski definition) is 2. The molecule has 0 aliphatic rings. The lowest BCUT2D eigenvalue weighted by atomic mass is 10.1. The molecule has 1 rings (SSSR count). The highest BCUT2D eigenvalue weighted by atomic mass is 79.9. The van der Waals surface area contributed by atoms with Crippen molar-refractivity contribution in [3.63, 3.8) is 0 Å². The minimum absolute atomic E-state index is 0.0550. The van der Waals surface area contributed by atoms with Gasteiger partial charge in [0.15, 0.2) is 5.78 Å². The minimum atomic E-state index is 0.0550. The standard InChI is InChI=1S/C14H16BrNO/c1-4-8-16(9-5-2)14-7-6-12(15)10-13(14)11(3)17/h1,6-7,10H,5,8-9H2,2-3H3. The van der Waals surface area contributed by atoms with E-state index in [0.717, 1.165) is 23.1 Å². The van der Waals surface area contributed by atoms with Gasteiger partial charge < -0.3 is 4.90 Å². The summed E-state index contributed by atoms with van der Waals surface area (Å²) in [4.78, 5) is 13.7. The van der Waals surface area contributed by atoms with Gasteiger partial charge in [-0.25, -0.2) is 0 Å². The zero-order chi connectivity index (χ0) is 12.8. The van der Waals surface area contributed by atoms with E-state index in [2.05, 4.69) is 33.7 Å². The number of rotatable bonds is 5. The van der Waals surface area contributed by atoms with E-state index in [9.17, 15) is 4.79 Å². The maximum atomic E-state index is 11.6. The fourth-order valence-corrected chi connectivity index (χ4v) is 2.09. The van der Waals surface area contributed by atoms with E-state index in [0.29, 0.717) is 12.1 Å². The van der Waals surface area contributed by atoms with Crippen LogP contribution < -0.4 is 4.90 Å². The fourth-order valence-electron chi connectivity index (χ4n) is 1.73. The average molecular weight is 294 g/mol. The summed E-state index contributed by atoms with van der Waals surface area (Å²) >= 11 is 3.38. The SMILES string of the molecule is C#CCN(CCC)c1ccc(Br)cc1C(C)=O. The number of Topliss-reactive ketones (excluding diaryl/α,β-unsaturated/α-hetero) is 1. The quantitative estimate of drug-likeness (QED) is 0.612. The Bertz CT molecular complexity index is 448. The zero-order valence-corrected chi connectivity index (χ0v) is 11.8. The highest BCUT2D eigenvalue weighted by Crippen LogP contribution is 2.25. The molecule has 0 spiro atoms. The molecule has 0 saturated carbocycles. The summed E-state index contributed by atoms with van der Waals surface area (Å²) in [5.74, 6) is 2.69. The van der Waals surface area contributed by atoms with Crippen molar-refractivity contribution in [1.29, 1.82) is 0 Å². The smallest absolute Gasteiger partial charge is 0.161 e. The van der Waals surface area contributed by atoms with E-state index in [1.807, 2.05) is 18.2 Å². The van der Waals surface area contributed by atoms with E-state index in [1.165, 1.54) is 0 Å². The Hall–Kier alpha value is -1.27. The summed E-state index contributed by atoms with van der Waals surface area (Å²) in [5.41, 5.74) is 1.63. The zero-order valence-electron chi connectivity index (χ0n) is 10.2. The van der Waals surface area contributed by atoms with Crippen molar-refractivity contribution < 1.29 is 4.79 Å². The van der Waals surface area contributed by atoms with Crippen molar-refractivity contribution in [1.82, 2.24) is 0 Å². The van der Waals surface area contributed by atoms with Crippen LogP contribution >= 0.6 is 15.9 Å². The largest absolute Gasteiger partial charge is 0.360 e. The molecule has 1 aromatic rings. The van der Waals surface area contributed by atoms with Crippen LogP contribution in [0.25, 0.3) is 0 Å². The molecule has 0 unspecified atom stereocenters. The Labute approximate surface area is 111 Å². The maximum Gasteiger partial charge on any atom is 0.161 e. The number of halogens is 1. The van der Waals surface area contributed by atoms with Crippen LogP contribution in [0.2, 0.25) is 0 Å². The lowest BCUT2D eigenvalue weighted by molar-refractivity contribution is 0.101. The monoisotopic (exact) mass is 293 g/mol. The summed E-state index contributed by atoms with van der Waals surface area (Å²) in [6, 6.07) is 5.71. The number of carbonyl (C=O) groups excluding carboxylic acids is 1. The van der Waals surface area contributed by atoms with Crippen molar-refractivity contribution in [2.75, 3.05) is 18.0 Å². The molecular formula is C14H16BrNO. The third-order valence-corrected chi connectivity index (χ3v) is 2.95. The molecule has 90 valence electrons. The molecule has 2 nitrogen and oxygen atoms in total. The second-order valence-electron chi connectivity index (χ2n) is 3.84. The van der Waals surface area contributed by atoms with Crippen LogP contribution in [0.1, 0.15) is 30.6 Å². The number of carbonyl (C=O) groups is 1. The van der Waals surface area contributed by atoms with Crippen LogP contribution in [0.3, 0.4) is 0 Å². The van der Waals surface area contributed by atoms with Crippen LogP contribution in [0.5, 0.6) is 0 Å². The highest BCUT2D eigenvalue weighted by Gasteiger charge is 2.13. The summed E-state index contributed by atoms with van der Waals surface area (Å²) in [6.45, 7) is 5.04. The first-order chi connectivity index (χ1) is 8.10. The topological polar surface area (TPSA) is 20.3 Å². The molecule has 0 fully saturated rings. The average Bonchev–Trinajstić information content (AvgIpc) is 2.28. The van der Waals surface area contributed by atoms with Gasteiger partial charge in [-0.05, 0) is 31.5 Å². The lowest BCUT2D eigenvalue weighted by Crippen LogP contribution is -2.26. The first-order valence-electron chi connectivity index (χ1n) is 5.59. The number of hydrogen-bond donors (Lipinski definition) is 0. The maximum absolute atomic E-state index is 11.6. The molecular weight excluding hydrogens is 278 g/mol. The van der Waals surface area contributed by atoms with E-state index >= 15 is 0 Å². The summed E-state index contributed by atoms with van der Waals surface area (Å²) in [6.07, 6.45) is 6.36. The summed E-state index contributed by atoms with van der Waals surface area (Å²) < 4.78 is 0.906. The third kappa shape index (κ3) is 3.61. The van der Waals surface area contributed by atoms with Crippen LogP contribution in [0.15, 0.2) is 22.7 Å². The number of ketones is 1. The van der Waals surface area contributed by atoms with Gasteiger partial charge in [0.05, 0.1) is 6.54 Å². The van der Waals surface area contributed by atoms with Gasteiger partial charge in [0.25, 0.3) is 0 Å². The lowest BCUT2D eigenvalue weighted by Gasteiger charge is -2.24.